The van der Waals surface area contributed by atoms with Crippen molar-refractivity contribution in [1.82, 2.24) is 19.2 Å². The molecule has 0 radical (unpaired) electrons. The maximum absolute atomic E-state index is 13.5. The molecule has 0 bridgehead atoms. The first-order chi connectivity index (χ1) is 14.3. The van der Waals surface area contributed by atoms with Crippen LogP contribution in [0.5, 0.6) is 0 Å². The molecule has 2 saturated heterocycles. The number of aromatic nitrogens is 2. The van der Waals surface area contributed by atoms with Crippen molar-refractivity contribution in [1.29, 1.82) is 0 Å². The van der Waals surface area contributed by atoms with E-state index >= 15 is 0 Å². The molecule has 2 aromatic rings. The van der Waals surface area contributed by atoms with E-state index in [1.54, 1.807) is 18.3 Å². The van der Waals surface area contributed by atoms with Crippen LogP contribution in [0, 0.1) is 11.3 Å². The van der Waals surface area contributed by atoms with E-state index < -0.39 is 29.3 Å². The summed E-state index contributed by atoms with van der Waals surface area (Å²) >= 11 is 0. The third-order valence-corrected chi connectivity index (χ3v) is 6.91. The number of hydrogen-bond donors (Lipinski definition) is 0. The van der Waals surface area contributed by atoms with Crippen LogP contribution in [-0.4, -0.2) is 63.7 Å². The number of imide groups is 2. The lowest BCUT2D eigenvalue weighted by atomic mass is 9.65. The number of anilines is 1. The van der Waals surface area contributed by atoms with Gasteiger partial charge in [0.25, 0.3) is 5.56 Å². The van der Waals surface area contributed by atoms with Gasteiger partial charge >= 0.3 is 6.03 Å². The molecule has 2 atom stereocenters. The molecule has 4 amide bonds. The van der Waals surface area contributed by atoms with Crippen LogP contribution in [0.25, 0.3) is 5.65 Å². The van der Waals surface area contributed by atoms with E-state index in [0.717, 1.165) is 16.2 Å². The number of rotatable bonds is 0. The number of piperidine rings is 1. The van der Waals surface area contributed by atoms with Crippen LogP contribution >= 0.6 is 0 Å². The lowest BCUT2D eigenvalue weighted by Crippen LogP contribution is -2.72. The highest BCUT2D eigenvalue weighted by atomic mass is 16.2. The molecule has 0 aliphatic carbocycles. The molecule has 9 heteroatoms. The molecule has 3 aliphatic rings. The Hall–Kier alpha value is -3.23. The summed E-state index contributed by atoms with van der Waals surface area (Å²) in [6.07, 6.45) is 3.06. The minimum absolute atomic E-state index is 0.0560. The lowest BCUT2D eigenvalue weighted by molar-refractivity contribution is -0.160. The molecule has 0 unspecified atom stereocenters. The molecule has 9 nitrogen and oxygen atoms in total. The summed E-state index contributed by atoms with van der Waals surface area (Å²) < 4.78 is 1.44. The normalized spacial score (nSPS) is 25.7. The molecule has 0 aromatic carbocycles. The monoisotopic (exact) mass is 409 g/mol. The maximum atomic E-state index is 13.5. The summed E-state index contributed by atoms with van der Waals surface area (Å²) in [6.45, 7) is 2.69. The number of urea groups is 1. The van der Waals surface area contributed by atoms with Crippen LogP contribution in [0.2, 0.25) is 0 Å². The summed E-state index contributed by atoms with van der Waals surface area (Å²) in [5, 5.41) is 0. The molecule has 156 valence electrons. The molecule has 5 rings (SSSR count). The average Bonchev–Trinajstić information content (AvgIpc) is 2.75. The molecule has 0 N–H and O–H groups in total. The Morgan fingerprint density at radius 1 is 1.07 bits per heavy atom. The molecule has 0 saturated carbocycles. The highest BCUT2D eigenvalue weighted by Crippen LogP contribution is 2.48. The standard InChI is InChI=1S/C21H23N5O4/c1-12-7-9-25-14(10-12)21(18(28)23(2)20(30)24(3)19(21)29)11-13-16(25)22-15-6-4-5-8-26(15)17(13)27/h4-6,8,12,14H,7,9-11H2,1-3H3/t12-,14+/m0/s1. The zero-order valence-electron chi connectivity index (χ0n) is 17.2. The van der Waals surface area contributed by atoms with Gasteiger partial charge in [-0.15, -0.1) is 0 Å². The van der Waals surface area contributed by atoms with Crippen molar-refractivity contribution in [3.05, 3.63) is 40.3 Å². The van der Waals surface area contributed by atoms with Gasteiger partial charge in [-0.25, -0.2) is 9.78 Å². The smallest absolute Gasteiger partial charge is 0.332 e. The lowest BCUT2D eigenvalue weighted by Gasteiger charge is -2.54. The van der Waals surface area contributed by atoms with Gasteiger partial charge in [0.2, 0.25) is 11.8 Å². The van der Waals surface area contributed by atoms with Crippen molar-refractivity contribution in [2.75, 3.05) is 25.5 Å². The van der Waals surface area contributed by atoms with E-state index in [-0.39, 0.29) is 12.0 Å². The SMILES string of the molecule is C[C@H]1CCN2c3nc4ccccn4c(=O)c3CC3(C(=O)N(C)C(=O)N(C)C3=O)[C@H]2C1. The van der Waals surface area contributed by atoms with Gasteiger partial charge in [0, 0.05) is 33.3 Å². The van der Waals surface area contributed by atoms with Gasteiger partial charge in [-0.2, -0.15) is 0 Å². The molecule has 1 spiro atoms. The number of hydrogen-bond acceptors (Lipinski definition) is 6. The first-order valence-electron chi connectivity index (χ1n) is 10.1. The van der Waals surface area contributed by atoms with Gasteiger partial charge < -0.3 is 4.90 Å². The van der Waals surface area contributed by atoms with E-state index in [2.05, 4.69) is 6.92 Å². The van der Waals surface area contributed by atoms with Gasteiger partial charge in [-0.05, 0) is 30.9 Å². The highest BCUT2D eigenvalue weighted by Gasteiger charge is 2.64. The second-order valence-electron chi connectivity index (χ2n) is 8.65. The maximum Gasteiger partial charge on any atom is 0.332 e. The Kier molecular flexibility index (Phi) is 3.84. The molecule has 30 heavy (non-hydrogen) atoms. The molecular formula is C21H23N5O4. The summed E-state index contributed by atoms with van der Waals surface area (Å²) in [4.78, 5) is 61.5. The Bertz CT molecular complexity index is 1150. The fraction of sp³-hybridized carbons (Fsp3) is 0.476. The minimum atomic E-state index is -1.51. The largest absolute Gasteiger partial charge is 0.352 e. The summed E-state index contributed by atoms with van der Waals surface area (Å²) in [7, 11) is 2.79. The van der Waals surface area contributed by atoms with Crippen molar-refractivity contribution < 1.29 is 14.4 Å². The minimum Gasteiger partial charge on any atom is -0.352 e. The Morgan fingerprint density at radius 3 is 2.47 bits per heavy atom. The van der Waals surface area contributed by atoms with E-state index in [1.807, 2.05) is 11.0 Å². The topological polar surface area (TPSA) is 95.3 Å². The number of nitrogens with zero attached hydrogens (tertiary/aromatic N) is 5. The quantitative estimate of drug-likeness (QED) is 0.600. The summed E-state index contributed by atoms with van der Waals surface area (Å²) in [6, 6.07) is 4.22. The van der Waals surface area contributed by atoms with Gasteiger partial charge in [0.15, 0.2) is 5.41 Å². The average molecular weight is 409 g/mol. The van der Waals surface area contributed by atoms with Crippen LogP contribution in [0.4, 0.5) is 10.6 Å². The molecule has 2 fully saturated rings. The van der Waals surface area contributed by atoms with Crippen LogP contribution in [0.3, 0.4) is 0 Å². The van der Waals surface area contributed by atoms with Crippen molar-refractivity contribution in [2.45, 2.75) is 32.2 Å². The Labute approximate surface area is 172 Å². The first kappa shape index (κ1) is 18.8. The predicted molar refractivity (Wildman–Crippen MR) is 108 cm³/mol. The van der Waals surface area contributed by atoms with E-state index in [4.69, 9.17) is 4.98 Å². The van der Waals surface area contributed by atoms with E-state index in [1.165, 1.54) is 18.5 Å². The third kappa shape index (κ3) is 2.20. The second-order valence-corrected chi connectivity index (χ2v) is 8.65. The Morgan fingerprint density at radius 2 is 1.77 bits per heavy atom. The predicted octanol–water partition coefficient (Wildman–Crippen LogP) is 0.892. The Balaban J connectivity index is 1.80. The molecule has 3 aliphatic heterocycles. The summed E-state index contributed by atoms with van der Waals surface area (Å²) in [5.74, 6) is -0.220. The summed E-state index contributed by atoms with van der Waals surface area (Å²) in [5.41, 5.74) is -0.916. The van der Waals surface area contributed by atoms with Crippen LogP contribution in [0.15, 0.2) is 29.2 Å². The van der Waals surface area contributed by atoms with Gasteiger partial charge in [0.1, 0.15) is 11.5 Å². The van der Waals surface area contributed by atoms with Crippen molar-refractivity contribution in [3.63, 3.8) is 0 Å². The second kappa shape index (κ2) is 6.13. The number of barbiturate groups is 1. The molecule has 5 heterocycles. The van der Waals surface area contributed by atoms with Crippen LogP contribution in [0.1, 0.15) is 25.3 Å². The number of carbonyl (C=O) groups excluding carboxylic acids is 3. The molecule has 2 aromatic heterocycles. The first-order valence-corrected chi connectivity index (χ1v) is 10.1. The zero-order chi connectivity index (χ0) is 21.4. The zero-order valence-corrected chi connectivity index (χ0v) is 17.2. The number of fused-ring (bicyclic) bond motifs is 5. The molecular weight excluding hydrogens is 386 g/mol. The number of carbonyl (C=O) groups is 3. The van der Waals surface area contributed by atoms with E-state index in [9.17, 15) is 19.2 Å². The number of amides is 4. The van der Waals surface area contributed by atoms with Crippen LogP contribution < -0.4 is 10.5 Å². The van der Waals surface area contributed by atoms with Crippen LogP contribution in [-0.2, 0) is 16.0 Å². The van der Waals surface area contributed by atoms with Crippen molar-refractivity contribution in [2.24, 2.45) is 11.3 Å². The van der Waals surface area contributed by atoms with Crippen molar-refractivity contribution in [3.8, 4) is 0 Å². The van der Waals surface area contributed by atoms with Gasteiger partial charge in [-0.3, -0.25) is 28.6 Å². The van der Waals surface area contributed by atoms with Gasteiger partial charge in [-0.1, -0.05) is 13.0 Å². The van der Waals surface area contributed by atoms with E-state index in [0.29, 0.717) is 35.9 Å². The van der Waals surface area contributed by atoms with Crippen molar-refractivity contribution >= 4 is 29.3 Å². The highest BCUT2D eigenvalue weighted by molar-refractivity contribution is 6.20. The van der Waals surface area contributed by atoms with Gasteiger partial charge in [0.05, 0.1) is 11.6 Å². The number of pyridine rings is 1. The fourth-order valence-corrected chi connectivity index (χ4v) is 5.29. The fourth-order valence-electron chi connectivity index (χ4n) is 5.29. The third-order valence-electron chi connectivity index (χ3n) is 6.91.